The van der Waals surface area contributed by atoms with Gasteiger partial charge in [0.1, 0.15) is 5.66 Å². The van der Waals surface area contributed by atoms with E-state index in [1.54, 1.807) is 4.90 Å². The van der Waals surface area contributed by atoms with Crippen molar-refractivity contribution in [1.82, 2.24) is 4.90 Å². The van der Waals surface area contributed by atoms with E-state index in [0.29, 0.717) is 13.0 Å². The first-order valence-corrected chi connectivity index (χ1v) is 8.86. The van der Waals surface area contributed by atoms with Gasteiger partial charge in [0.2, 0.25) is 11.7 Å². The predicted molar refractivity (Wildman–Crippen MR) is 87.3 cm³/mol. The molecule has 4 heterocycles. The molecular formula is C19H20N2O3. The summed E-state index contributed by atoms with van der Waals surface area (Å²) in [7, 11) is 0. The Hall–Kier alpha value is -2.17. The fourth-order valence-corrected chi connectivity index (χ4v) is 6.04. The average Bonchev–Trinajstić information content (AvgIpc) is 3.03. The summed E-state index contributed by atoms with van der Waals surface area (Å²) in [6.07, 6.45) is 4.00. The fraction of sp³-hybridized carbons (Fsp3) is 0.526. The molecule has 4 aliphatic heterocycles. The van der Waals surface area contributed by atoms with Gasteiger partial charge >= 0.3 is 0 Å². The summed E-state index contributed by atoms with van der Waals surface area (Å²) >= 11 is 0. The third-order valence-corrected chi connectivity index (χ3v) is 6.92. The molecule has 0 aliphatic carbocycles. The standard InChI is InChI=1S/C19H20N2O3/c1-2-18-9-5-11-20-17(24)16(23)15-12-6-3-4-7-13(12)21(19(15,18)20)14(22)8-10-18/h3-4,6-7,15H,2,5,8-11H2,1H3/t15-,18-,19?/m1/s1. The summed E-state index contributed by atoms with van der Waals surface area (Å²) in [5.74, 6) is -1.21. The van der Waals surface area contributed by atoms with Gasteiger partial charge in [-0.25, -0.2) is 0 Å². The number of amides is 2. The molecule has 5 rings (SSSR count). The van der Waals surface area contributed by atoms with Crippen LogP contribution in [0.4, 0.5) is 5.69 Å². The average molecular weight is 324 g/mol. The van der Waals surface area contributed by atoms with Gasteiger partial charge in [0.15, 0.2) is 0 Å². The summed E-state index contributed by atoms with van der Waals surface area (Å²) in [4.78, 5) is 42.3. The van der Waals surface area contributed by atoms with Crippen molar-refractivity contribution >= 4 is 23.3 Å². The summed E-state index contributed by atoms with van der Waals surface area (Å²) in [6, 6.07) is 7.65. The van der Waals surface area contributed by atoms with Crippen molar-refractivity contribution in [2.45, 2.75) is 50.6 Å². The number of nitrogens with zero attached hydrogens (tertiary/aromatic N) is 2. The van der Waals surface area contributed by atoms with E-state index in [2.05, 4.69) is 6.92 Å². The Bertz CT molecular complexity index is 804. The topological polar surface area (TPSA) is 57.7 Å². The van der Waals surface area contributed by atoms with Gasteiger partial charge in [-0.1, -0.05) is 25.1 Å². The number of benzene rings is 1. The number of para-hydroxylation sites is 1. The number of hydrogen-bond acceptors (Lipinski definition) is 3. The van der Waals surface area contributed by atoms with Gasteiger partial charge < -0.3 is 4.90 Å². The number of carbonyl (C=O) groups excluding carboxylic acids is 3. The Morgan fingerprint density at radius 3 is 2.75 bits per heavy atom. The van der Waals surface area contributed by atoms with Gasteiger partial charge in [-0.05, 0) is 37.3 Å². The minimum absolute atomic E-state index is 0.0448. The van der Waals surface area contributed by atoms with Crippen LogP contribution in [-0.4, -0.2) is 34.7 Å². The number of rotatable bonds is 1. The molecule has 124 valence electrons. The maximum atomic E-state index is 13.0. The first-order chi connectivity index (χ1) is 11.6. The number of Topliss-reactive ketones (excluding diaryl/α,β-unsaturated/α-hetero) is 1. The highest BCUT2D eigenvalue weighted by Crippen LogP contribution is 2.67. The van der Waals surface area contributed by atoms with E-state index >= 15 is 0 Å². The Balaban J connectivity index is 1.89. The van der Waals surface area contributed by atoms with E-state index in [4.69, 9.17) is 0 Å². The minimum Gasteiger partial charge on any atom is -0.311 e. The third-order valence-electron chi connectivity index (χ3n) is 6.92. The molecule has 0 bridgehead atoms. The maximum absolute atomic E-state index is 13.0. The van der Waals surface area contributed by atoms with Crippen LogP contribution in [0.3, 0.4) is 0 Å². The zero-order valence-electron chi connectivity index (χ0n) is 13.7. The van der Waals surface area contributed by atoms with Crippen molar-refractivity contribution in [2.24, 2.45) is 5.41 Å². The van der Waals surface area contributed by atoms with Gasteiger partial charge in [-0.3, -0.25) is 19.3 Å². The molecule has 24 heavy (non-hydrogen) atoms. The number of hydrogen-bond donors (Lipinski definition) is 0. The lowest BCUT2D eigenvalue weighted by Crippen LogP contribution is -2.73. The second-order valence-corrected chi connectivity index (χ2v) is 7.51. The summed E-state index contributed by atoms with van der Waals surface area (Å²) in [5.41, 5.74) is 0.698. The van der Waals surface area contributed by atoms with Gasteiger partial charge in [-0.15, -0.1) is 0 Å². The largest absolute Gasteiger partial charge is 0.311 e. The highest BCUT2D eigenvalue weighted by atomic mass is 16.2. The van der Waals surface area contributed by atoms with Crippen LogP contribution in [-0.2, 0) is 14.4 Å². The lowest BCUT2D eigenvalue weighted by atomic mass is 9.59. The van der Waals surface area contributed by atoms with Crippen molar-refractivity contribution in [3.05, 3.63) is 29.8 Å². The van der Waals surface area contributed by atoms with Crippen LogP contribution in [0.2, 0.25) is 0 Å². The third kappa shape index (κ3) is 1.22. The Morgan fingerprint density at radius 2 is 1.96 bits per heavy atom. The number of anilines is 1. The first-order valence-electron chi connectivity index (χ1n) is 8.86. The maximum Gasteiger partial charge on any atom is 0.292 e. The van der Waals surface area contributed by atoms with E-state index in [1.807, 2.05) is 29.2 Å². The molecule has 1 spiro atoms. The van der Waals surface area contributed by atoms with Crippen LogP contribution >= 0.6 is 0 Å². The van der Waals surface area contributed by atoms with Crippen molar-refractivity contribution in [2.75, 3.05) is 11.4 Å². The summed E-state index contributed by atoms with van der Waals surface area (Å²) in [5, 5.41) is 0. The molecule has 3 atom stereocenters. The molecule has 1 unspecified atom stereocenters. The van der Waals surface area contributed by atoms with Crippen LogP contribution in [0.15, 0.2) is 24.3 Å². The normalized spacial score (nSPS) is 36.7. The van der Waals surface area contributed by atoms with E-state index in [1.165, 1.54) is 0 Å². The highest BCUT2D eigenvalue weighted by Gasteiger charge is 2.76. The van der Waals surface area contributed by atoms with E-state index < -0.39 is 17.5 Å². The second-order valence-electron chi connectivity index (χ2n) is 7.51. The molecule has 5 nitrogen and oxygen atoms in total. The molecule has 4 aliphatic rings. The molecule has 0 radical (unpaired) electrons. The van der Waals surface area contributed by atoms with Gasteiger partial charge in [0.05, 0.1) is 11.6 Å². The molecule has 1 aromatic rings. The van der Waals surface area contributed by atoms with Crippen molar-refractivity contribution in [1.29, 1.82) is 0 Å². The molecule has 0 N–H and O–H groups in total. The van der Waals surface area contributed by atoms with E-state index in [-0.39, 0.29) is 17.1 Å². The number of fused-ring (bicyclic) bond motifs is 3. The van der Waals surface area contributed by atoms with Crippen molar-refractivity contribution in [3.63, 3.8) is 0 Å². The van der Waals surface area contributed by atoms with Gasteiger partial charge in [0.25, 0.3) is 5.91 Å². The fourth-order valence-electron chi connectivity index (χ4n) is 6.04. The van der Waals surface area contributed by atoms with Crippen LogP contribution in [0.25, 0.3) is 0 Å². The lowest BCUT2D eigenvalue weighted by molar-refractivity contribution is -0.152. The van der Waals surface area contributed by atoms with Crippen LogP contribution < -0.4 is 4.90 Å². The van der Waals surface area contributed by atoms with Crippen LogP contribution in [0.5, 0.6) is 0 Å². The zero-order valence-corrected chi connectivity index (χ0v) is 13.7. The smallest absolute Gasteiger partial charge is 0.292 e. The predicted octanol–water partition coefficient (Wildman–Crippen LogP) is 2.21. The second kappa shape index (κ2) is 4.26. The lowest BCUT2D eigenvalue weighted by Gasteiger charge is -2.61. The summed E-state index contributed by atoms with van der Waals surface area (Å²) in [6.45, 7) is 2.71. The molecular weight excluding hydrogens is 304 g/mol. The highest BCUT2D eigenvalue weighted by molar-refractivity contribution is 6.42. The van der Waals surface area contributed by atoms with E-state index in [9.17, 15) is 14.4 Å². The molecule has 1 aromatic carbocycles. The molecule has 3 fully saturated rings. The van der Waals surface area contributed by atoms with Crippen molar-refractivity contribution < 1.29 is 14.4 Å². The summed E-state index contributed by atoms with van der Waals surface area (Å²) < 4.78 is 0. The number of piperidine rings is 2. The zero-order chi connectivity index (χ0) is 16.7. The van der Waals surface area contributed by atoms with Gasteiger partial charge in [-0.2, -0.15) is 0 Å². The molecule has 0 aromatic heterocycles. The van der Waals surface area contributed by atoms with Crippen molar-refractivity contribution in [3.8, 4) is 0 Å². The molecule has 5 heteroatoms. The Labute approximate surface area is 140 Å². The van der Waals surface area contributed by atoms with Gasteiger partial charge in [0, 0.05) is 18.4 Å². The molecule has 0 saturated carbocycles. The monoisotopic (exact) mass is 324 g/mol. The van der Waals surface area contributed by atoms with Crippen LogP contribution in [0.1, 0.15) is 50.5 Å². The molecule has 3 saturated heterocycles. The quantitative estimate of drug-likeness (QED) is 0.744. The SMILES string of the molecule is CC[C@@]12CCCN3C(=O)C(=O)[C@H]4c5ccccc5N(C(=O)CC1)C432. The minimum atomic E-state index is -0.798. The number of ketones is 1. The Morgan fingerprint density at radius 1 is 1.17 bits per heavy atom. The van der Waals surface area contributed by atoms with E-state index in [0.717, 1.165) is 36.9 Å². The number of carbonyl (C=O) groups is 3. The first kappa shape index (κ1) is 14.2. The van der Waals surface area contributed by atoms with Crippen LogP contribution in [0, 0.1) is 5.41 Å². The Kier molecular flexibility index (Phi) is 2.52. The molecule has 2 amide bonds.